The molecule has 1 nitrogen and oxygen atoms in total. The van der Waals surface area contributed by atoms with E-state index < -0.39 is 0 Å². The van der Waals surface area contributed by atoms with Crippen LogP contribution >= 0.6 is 27.5 Å². The van der Waals surface area contributed by atoms with E-state index >= 15 is 0 Å². The third-order valence-corrected chi connectivity index (χ3v) is 5.44. The van der Waals surface area contributed by atoms with Crippen LogP contribution < -0.4 is 4.90 Å². The molecule has 0 aromatic heterocycles. The summed E-state index contributed by atoms with van der Waals surface area (Å²) in [5, 5.41) is 1.69. The Labute approximate surface area is 136 Å². The molecule has 0 radical (unpaired) electrons. The molecule has 1 aromatic rings. The molecule has 1 saturated heterocycles. The molecule has 1 fully saturated rings. The molecule has 1 aliphatic heterocycles. The fraction of sp³-hybridized carbons (Fsp3) is 0.647. The minimum absolute atomic E-state index is 0.419. The van der Waals surface area contributed by atoms with Crippen molar-refractivity contribution in [2.45, 2.75) is 45.4 Å². The first-order valence-corrected chi connectivity index (χ1v) is 9.01. The Balaban J connectivity index is 2.17. The van der Waals surface area contributed by atoms with Crippen LogP contribution in [0.1, 0.15) is 45.6 Å². The molecule has 1 atom stereocenters. The number of alkyl halides is 1. The number of hydrogen-bond donors (Lipinski definition) is 0. The van der Waals surface area contributed by atoms with Crippen LogP contribution in [0.4, 0.5) is 5.69 Å². The van der Waals surface area contributed by atoms with Crippen LogP contribution in [0, 0.1) is 11.3 Å². The topological polar surface area (TPSA) is 3.24 Å². The zero-order chi connectivity index (χ0) is 14.8. The van der Waals surface area contributed by atoms with Crippen molar-refractivity contribution in [3.05, 3.63) is 28.8 Å². The van der Waals surface area contributed by atoms with Gasteiger partial charge in [-0.05, 0) is 42.7 Å². The monoisotopic (exact) mass is 357 g/mol. The molecular formula is C17H25BrClN. The second-order valence-electron chi connectivity index (χ2n) is 6.85. The van der Waals surface area contributed by atoms with Gasteiger partial charge in [0.25, 0.3) is 0 Å². The van der Waals surface area contributed by atoms with E-state index in [4.69, 9.17) is 11.6 Å². The van der Waals surface area contributed by atoms with E-state index in [-0.39, 0.29) is 0 Å². The minimum Gasteiger partial charge on any atom is -0.371 e. The quantitative estimate of drug-likeness (QED) is 0.596. The van der Waals surface area contributed by atoms with E-state index in [2.05, 4.69) is 53.7 Å². The highest BCUT2D eigenvalue weighted by atomic mass is 79.9. The van der Waals surface area contributed by atoms with Crippen molar-refractivity contribution in [3.8, 4) is 0 Å². The van der Waals surface area contributed by atoms with E-state index in [0.29, 0.717) is 5.41 Å². The highest BCUT2D eigenvalue weighted by molar-refractivity contribution is 9.08. The lowest BCUT2D eigenvalue weighted by molar-refractivity contribution is 0.220. The normalized spacial score (nSPS) is 20.9. The Kier molecular flexibility index (Phi) is 5.42. The molecule has 0 spiro atoms. The van der Waals surface area contributed by atoms with Gasteiger partial charge in [-0.1, -0.05) is 54.4 Å². The third kappa shape index (κ3) is 3.71. The molecule has 0 N–H and O–H groups in total. The van der Waals surface area contributed by atoms with E-state index in [9.17, 15) is 0 Å². The van der Waals surface area contributed by atoms with Gasteiger partial charge in [-0.2, -0.15) is 0 Å². The Morgan fingerprint density at radius 1 is 1.25 bits per heavy atom. The lowest BCUT2D eigenvalue weighted by Gasteiger charge is -2.30. The van der Waals surface area contributed by atoms with Gasteiger partial charge >= 0.3 is 0 Å². The van der Waals surface area contributed by atoms with Crippen molar-refractivity contribution in [2.75, 3.05) is 18.0 Å². The van der Waals surface area contributed by atoms with Crippen molar-refractivity contribution in [1.29, 1.82) is 0 Å². The summed E-state index contributed by atoms with van der Waals surface area (Å²) in [5.41, 5.74) is 2.95. The fourth-order valence-corrected chi connectivity index (χ4v) is 4.17. The summed E-state index contributed by atoms with van der Waals surface area (Å²) in [4.78, 5) is 2.52. The van der Waals surface area contributed by atoms with Gasteiger partial charge in [-0.25, -0.2) is 0 Å². The summed E-state index contributed by atoms with van der Waals surface area (Å²) in [6.07, 6.45) is 3.89. The Bertz CT molecular complexity index is 453. The SMILES string of the molecule is CC(C)(C)C1CCCN(c2cccc(Cl)c2CBr)CC1. The molecule has 3 heteroatoms. The molecule has 0 bridgehead atoms. The van der Waals surface area contributed by atoms with Gasteiger partial charge in [-0.3, -0.25) is 0 Å². The molecule has 1 aliphatic rings. The maximum atomic E-state index is 6.33. The minimum atomic E-state index is 0.419. The summed E-state index contributed by atoms with van der Waals surface area (Å²) >= 11 is 9.91. The molecule has 1 heterocycles. The molecule has 0 aliphatic carbocycles. The molecule has 1 unspecified atom stereocenters. The summed E-state index contributed by atoms with van der Waals surface area (Å²) < 4.78 is 0. The van der Waals surface area contributed by atoms with E-state index in [1.54, 1.807) is 0 Å². The third-order valence-electron chi connectivity index (χ3n) is 4.52. The highest BCUT2D eigenvalue weighted by Crippen LogP contribution is 2.37. The molecule has 2 rings (SSSR count). The first-order chi connectivity index (χ1) is 9.43. The molecule has 0 saturated carbocycles. The van der Waals surface area contributed by atoms with Gasteiger partial charge in [0.15, 0.2) is 0 Å². The van der Waals surface area contributed by atoms with Crippen LogP contribution in [0.15, 0.2) is 18.2 Å². The zero-order valence-electron chi connectivity index (χ0n) is 12.8. The Morgan fingerprint density at radius 2 is 2.00 bits per heavy atom. The summed E-state index contributed by atoms with van der Waals surface area (Å²) in [5.74, 6) is 0.819. The molecule has 1 aromatic carbocycles. The Morgan fingerprint density at radius 3 is 2.65 bits per heavy atom. The van der Waals surface area contributed by atoms with Crippen LogP contribution in [0.5, 0.6) is 0 Å². The highest BCUT2D eigenvalue weighted by Gasteiger charge is 2.27. The molecule has 112 valence electrons. The van der Waals surface area contributed by atoms with Crippen molar-refractivity contribution in [2.24, 2.45) is 11.3 Å². The van der Waals surface area contributed by atoms with Gasteiger partial charge in [0, 0.05) is 34.7 Å². The number of rotatable bonds is 2. The predicted molar refractivity (Wildman–Crippen MR) is 93.1 cm³/mol. The standard InChI is InChI=1S/C17H25BrClN/c1-17(2,3)13-6-5-10-20(11-9-13)16-8-4-7-15(19)14(16)12-18/h4,7-8,13H,5-6,9-12H2,1-3H3. The van der Waals surface area contributed by atoms with Crippen LogP contribution in [-0.4, -0.2) is 13.1 Å². The molecular weight excluding hydrogens is 334 g/mol. The number of nitrogens with zero attached hydrogens (tertiary/aromatic N) is 1. The fourth-order valence-electron chi connectivity index (χ4n) is 3.18. The Hall–Kier alpha value is -0.210. The van der Waals surface area contributed by atoms with Gasteiger partial charge in [0.05, 0.1) is 0 Å². The smallest absolute Gasteiger partial charge is 0.0467 e. The van der Waals surface area contributed by atoms with E-state index in [1.807, 2.05) is 6.07 Å². The average molecular weight is 359 g/mol. The molecule has 20 heavy (non-hydrogen) atoms. The average Bonchev–Trinajstić information content (AvgIpc) is 2.63. The zero-order valence-corrected chi connectivity index (χ0v) is 15.1. The largest absolute Gasteiger partial charge is 0.371 e. The summed E-state index contributed by atoms with van der Waals surface area (Å²) in [6, 6.07) is 6.26. The van der Waals surface area contributed by atoms with Crippen LogP contribution in [0.2, 0.25) is 5.02 Å². The van der Waals surface area contributed by atoms with Crippen LogP contribution in [-0.2, 0) is 5.33 Å². The lowest BCUT2D eigenvalue weighted by Crippen LogP contribution is -2.26. The van der Waals surface area contributed by atoms with E-state index in [0.717, 1.165) is 29.4 Å². The van der Waals surface area contributed by atoms with Gasteiger partial charge in [-0.15, -0.1) is 0 Å². The van der Waals surface area contributed by atoms with Gasteiger partial charge in [0.2, 0.25) is 0 Å². The predicted octanol–water partition coefficient (Wildman–Crippen LogP) is 5.89. The van der Waals surface area contributed by atoms with Gasteiger partial charge in [0.1, 0.15) is 0 Å². The van der Waals surface area contributed by atoms with Crippen LogP contribution in [0.25, 0.3) is 0 Å². The van der Waals surface area contributed by atoms with E-state index in [1.165, 1.54) is 30.5 Å². The number of hydrogen-bond acceptors (Lipinski definition) is 1. The van der Waals surface area contributed by atoms with Crippen molar-refractivity contribution in [3.63, 3.8) is 0 Å². The summed E-state index contributed by atoms with van der Waals surface area (Å²) in [6.45, 7) is 9.40. The summed E-state index contributed by atoms with van der Waals surface area (Å²) in [7, 11) is 0. The first kappa shape index (κ1) is 16.2. The van der Waals surface area contributed by atoms with Crippen molar-refractivity contribution < 1.29 is 0 Å². The maximum Gasteiger partial charge on any atom is 0.0467 e. The number of benzene rings is 1. The van der Waals surface area contributed by atoms with Crippen molar-refractivity contribution >= 4 is 33.2 Å². The maximum absolute atomic E-state index is 6.33. The second kappa shape index (κ2) is 6.70. The second-order valence-corrected chi connectivity index (χ2v) is 7.82. The van der Waals surface area contributed by atoms with Crippen LogP contribution in [0.3, 0.4) is 0 Å². The van der Waals surface area contributed by atoms with Crippen molar-refractivity contribution in [1.82, 2.24) is 0 Å². The lowest BCUT2D eigenvalue weighted by atomic mass is 9.77. The first-order valence-electron chi connectivity index (χ1n) is 7.52. The number of anilines is 1. The van der Waals surface area contributed by atoms with Gasteiger partial charge < -0.3 is 4.90 Å². The molecule has 0 amide bonds. The number of halogens is 2.